The smallest absolute Gasteiger partial charge is 0.387 e. The molecule has 1 amide bonds. The van der Waals surface area contributed by atoms with Crippen LogP contribution in [-0.4, -0.2) is 33.0 Å². The van der Waals surface area contributed by atoms with Crippen LogP contribution in [0.1, 0.15) is 5.56 Å². The van der Waals surface area contributed by atoms with Gasteiger partial charge < -0.3 is 10.1 Å². The number of rotatable bonds is 7. The summed E-state index contributed by atoms with van der Waals surface area (Å²) in [5, 5.41) is 11.8. The molecule has 0 saturated heterocycles. The van der Waals surface area contributed by atoms with Crippen molar-refractivity contribution in [3.05, 3.63) is 59.4 Å². The topological polar surface area (TPSA) is 69.0 Å². The molecule has 2 aromatic carbocycles. The summed E-state index contributed by atoms with van der Waals surface area (Å²) in [7, 11) is 0. The number of hydrogen-bond donors (Lipinski definition) is 1. The van der Waals surface area contributed by atoms with Crippen LogP contribution < -0.4 is 10.1 Å². The molecular weight excluding hydrogens is 410 g/mol. The Labute approximate surface area is 168 Å². The minimum absolute atomic E-state index is 0.0206. The van der Waals surface area contributed by atoms with Crippen LogP contribution in [0.5, 0.6) is 5.75 Å². The first-order valence-electron chi connectivity index (χ1n) is 8.06. The molecule has 1 aromatic heterocycles. The van der Waals surface area contributed by atoms with Crippen molar-refractivity contribution in [3.63, 3.8) is 0 Å². The lowest BCUT2D eigenvalue weighted by molar-refractivity contribution is -0.113. The van der Waals surface area contributed by atoms with E-state index < -0.39 is 6.61 Å². The van der Waals surface area contributed by atoms with Crippen LogP contribution in [0.4, 0.5) is 14.5 Å². The Balaban J connectivity index is 1.59. The molecular formula is C18H15ClF2N4O2S. The molecule has 1 N–H and O–H groups in total. The van der Waals surface area contributed by atoms with Crippen LogP contribution in [0.3, 0.4) is 0 Å². The molecule has 0 bridgehead atoms. The van der Waals surface area contributed by atoms with Crippen molar-refractivity contribution in [3.8, 4) is 11.4 Å². The highest BCUT2D eigenvalue weighted by Crippen LogP contribution is 2.24. The average molecular weight is 425 g/mol. The minimum atomic E-state index is -2.89. The first-order valence-corrected chi connectivity index (χ1v) is 9.43. The second-order valence-corrected chi connectivity index (χ2v) is 7.01. The minimum Gasteiger partial charge on any atom is -0.435 e. The zero-order valence-electron chi connectivity index (χ0n) is 14.6. The fourth-order valence-electron chi connectivity index (χ4n) is 2.28. The van der Waals surface area contributed by atoms with Crippen LogP contribution in [0, 0.1) is 6.92 Å². The quantitative estimate of drug-likeness (QED) is 0.563. The van der Waals surface area contributed by atoms with Crippen molar-refractivity contribution >= 4 is 35.0 Å². The molecule has 3 aromatic rings. The molecule has 10 heteroatoms. The molecule has 0 fully saturated rings. The van der Waals surface area contributed by atoms with Gasteiger partial charge in [-0.05, 0) is 48.9 Å². The fourth-order valence-corrected chi connectivity index (χ4v) is 3.18. The lowest BCUT2D eigenvalue weighted by Gasteiger charge is -2.09. The van der Waals surface area contributed by atoms with Crippen molar-refractivity contribution in [2.24, 2.45) is 0 Å². The van der Waals surface area contributed by atoms with Crippen LogP contribution in [0.25, 0.3) is 5.69 Å². The fraction of sp³-hybridized carbons (Fsp3) is 0.167. The highest BCUT2D eigenvalue weighted by molar-refractivity contribution is 7.99. The van der Waals surface area contributed by atoms with E-state index in [4.69, 9.17) is 11.6 Å². The monoisotopic (exact) mass is 424 g/mol. The number of benzene rings is 2. The Hall–Kier alpha value is -2.65. The lowest BCUT2D eigenvalue weighted by atomic mass is 10.2. The third-order valence-corrected chi connectivity index (χ3v) is 5.00. The van der Waals surface area contributed by atoms with Gasteiger partial charge in [-0.15, -0.1) is 10.2 Å². The summed E-state index contributed by atoms with van der Waals surface area (Å²) < 4.78 is 30.3. The molecule has 3 rings (SSSR count). The number of amides is 1. The first kappa shape index (κ1) is 20.1. The standard InChI is InChI=1S/C18H15ClF2N4O2S/c1-11-2-5-13(8-15(11)19)25-10-22-24-18(25)28-9-16(26)23-12-3-6-14(7-4-12)27-17(20)21/h2-8,10,17H,9H2,1H3,(H,23,26). The van der Waals surface area contributed by atoms with Crippen molar-refractivity contribution in [2.45, 2.75) is 18.7 Å². The van der Waals surface area contributed by atoms with Crippen molar-refractivity contribution in [2.75, 3.05) is 11.1 Å². The van der Waals surface area contributed by atoms with Crippen LogP contribution in [0.15, 0.2) is 53.9 Å². The number of alkyl halides is 2. The molecule has 0 aliphatic heterocycles. The highest BCUT2D eigenvalue weighted by Gasteiger charge is 2.12. The SMILES string of the molecule is Cc1ccc(-n2cnnc2SCC(=O)Nc2ccc(OC(F)F)cc2)cc1Cl. The number of carbonyl (C=O) groups excluding carboxylic acids is 1. The van der Waals surface area contributed by atoms with E-state index >= 15 is 0 Å². The van der Waals surface area contributed by atoms with E-state index in [9.17, 15) is 13.6 Å². The van der Waals surface area contributed by atoms with Gasteiger partial charge in [0.25, 0.3) is 0 Å². The van der Waals surface area contributed by atoms with Gasteiger partial charge in [0.2, 0.25) is 5.91 Å². The summed E-state index contributed by atoms with van der Waals surface area (Å²) in [4.78, 5) is 12.2. The van der Waals surface area contributed by atoms with E-state index in [0.29, 0.717) is 15.9 Å². The average Bonchev–Trinajstić information content (AvgIpc) is 3.12. The van der Waals surface area contributed by atoms with E-state index in [1.165, 1.54) is 36.0 Å². The van der Waals surface area contributed by atoms with Crippen molar-refractivity contribution in [1.29, 1.82) is 0 Å². The Morgan fingerprint density at radius 1 is 1.29 bits per heavy atom. The second-order valence-electron chi connectivity index (χ2n) is 5.66. The number of nitrogens with one attached hydrogen (secondary N) is 1. The Morgan fingerprint density at radius 2 is 2.04 bits per heavy atom. The predicted octanol–water partition coefficient (Wildman–Crippen LogP) is 4.56. The van der Waals surface area contributed by atoms with Gasteiger partial charge in [0, 0.05) is 10.7 Å². The number of thioether (sulfide) groups is 1. The van der Waals surface area contributed by atoms with Gasteiger partial charge in [0.05, 0.1) is 11.4 Å². The van der Waals surface area contributed by atoms with Gasteiger partial charge in [0.1, 0.15) is 12.1 Å². The number of carbonyl (C=O) groups is 1. The van der Waals surface area contributed by atoms with E-state index in [2.05, 4.69) is 20.3 Å². The molecule has 6 nitrogen and oxygen atoms in total. The van der Waals surface area contributed by atoms with Gasteiger partial charge in [0.15, 0.2) is 5.16 Å². The maximum Gasteiger partial charge on any atom is 0.387 e. The molecule has 0 atom stereocenters. The number of ether oxygens (including phenoxy) is 1. The Bertz CT molecular complexity index is 966. The Kier molecular flexibility index (Phi) is 6.48. The zero-order valence-corrected chi connectivity index (χ0v) is 16.2. The predicted molar refractivity (Wildman–Crippen MR) is 104 cm³/mol. The van der Waals surface area contributed by atoms with E-state index in [0.717, 1.165) is 11.3 Å². The van der Waals surface area contributed by atoms with Crippen LogP contribution in [-0.2, 0) is 4.79 Å². The number of anilines is 1. The van der Waals surface area contributed by atoms with Crippen molar-refractivity contribution < 1.29 is 18.3 Å². The number of nitrogens with zero attached hydrogens (tertiary/aromatic N) is 3. The van der Waals surface area contributed by atoms with Gasteiger partial charge >= 0.3 is 6.61 Å². The van der Waals surface area contributed by atoms with Gasteiger partial charge in [-0.2, -0.15) is 8.78 Å². The molecule has 0 aliphatic carbocycles. The molecule has 146 valence electrons. The van der Waals surface area contributed by atoms with Crippen LogP contribution in [0.2, 0.25) is 5.02 Å². The third kappa shape index (κ3) is 5.20. The molecule has 1 heterocycles. The largest absolute Gasteiger partial charge is 0.435 e. The summed E-state index contributed by atoms with van der Waals surface area (Å²) in [6.45, 7) is -0.984. The Morgan fingerprint density at radius 3 is 2.71 bits per heavy atom. The summed E-state index contributed by atoms with van der Waals surface area (Å²) in [5.41, 5.74) is 2.22. The second kappa shape index (κ2) is 9.03. The molecule has 0 spiro atoms. The molecule has 0 saturated carbocycles. The van der Waals surface area contributed by atoms with Crippen molar-refractivity contribution in [1.82, 2.24) is 14.8 Å². The highest BCUT2D eigenvalue weighted by atomic mass is 35.5. The maximum atomic E-state index is 12.2. The normalized spacial score (nSPS) is 10.9. The van der Waals surface area contributed by atoms with Gasteiger partial charge in [-0.3, -0.25) is 9.36 Å². The summed E-state index contributed by atoms with van der Waals surface area (Å²) in [6, 6.07) is 11.2. The number of halogens is 3. The number of aromatic nitrogens is 3. The number of hydrogen-bond acceptors (Lipinski definition) is 5. The molecule has 0 unspecified atom stereocenters. The van der Waals surface area contributed by atoms with E-state index in [-0.39, 0.29) is 17.4 Å². The van der Waals surface area contributed by atoms with Gasteiger partial charge in [-0.25, -0.2) is 0 Å². The van der Waals surface area contributed by atoms with Crippen LogP contribution >= 0.6 is 23.4 Å². The van der Waals surface area contributed by atoms with E-state index in [1.54, 1.807) is 17.0 Å². The lowest BCUT2D eigenvalue weighted by Crippen LogP contribution is -2.14. The van der Waals surface area contributed by atoms with Gasteiger partial charge in [-0.1, -0.05) is 29.4 Å². The van der Waals surface area contributed by atoms with E-state index in [1.807, 2.05) is 19.1 Å². The number of aryl methyl sites for hydroxylation is 1. The third-order valence-electron chi connectivity index (χ3n) is 3.65. The summed E-state index contributed by atoms with van der Waals surface area (Å²) in [5.74, 6) is -0.163. The summed E-state index contributed by atoms with van der Waals surface area (Å²) >= 11 is 7.37. The summed E-state index contributed by atoms with van der Waals surface area (Å²) in [6.07, 6.45) is 1.54. The maximum absolute atomic E-state index is 12.2. The first-order chi connectivity index (χ1) is 13.4. The molecule has 28 heavy (non-hydrogen) atoms. The molecule has 0 radical (unpaired) electrons. The molecule has 0 aliphatic rings. The zero-order chi connectivity index (χ0) is 20.1.